The lowest BCUT2D eigenvalue weighted by atomic mass is 9.78. The molecule has 1 aromatic heterocycles. The molecule has 2 atom stereocenters. The third-order valence-corrected chi connectivity index (χ3v) is 5.67. The lowest BCUT2D eigenvalue weighted by molar-refractivity contribution is -0.274. The minimum Gasteiger partial charge on any atom is -0.481 e. The van der Waals surface area contributed by atoms with Crippen LogP contribution in [0.1, 0.15) is 24.0 Å². The van der Waals surface area contributed by atoms with Crippen molar-refractivity contribution in [3.8, 4) is 17.0 Å². The second kappa shape index (κ2) is 8.46. The zero-order valence-electron chi connectivity index (χ0n) is 16.0. The van der Waals surface area contributed by atoms with Crippen LogP contribution >= 0.6 is 23.2 Å². The molecule has 3 rings (SSSR count). The van der Waals surface area contributed by atoms with E-state index in [2.05, 4.69) is 4.98 Å². The van der Waals surface area contributed by atoms with E-state index >= 15 is 0 Å². The maximum atomic E-state index is 14.1. The van der Waals surface area contributed by atoms with E-state index in [0.717, 1.165) is 17.8 Å². The minimum atomic E-state index is -4.97. The number of hydrogen-bond acceptors (Lipinski definition) is 3. The Morgan fingerprint density at radius 2 is 1.60 bits per heavy atom. The Morgan fingerprint density at radius 3 is 2.10 bits per heavy atom. The molecule has 0 bridgehead atoms. The van der Waals surface area contributed by atoms with Crippen LogP contribution in [0.4, 0.5) is 13.2 Å². The van der Waals surface area contributed by atoms with Crippen molar-refractivity contribution >= 4 is 23.2 Å². The van der Waals surface area contributed by atoms with Crippen molar-refractivity contribution in [2.24, 2.45) is 0 Å². The van der Waals surface area contributed by atoms with Gasteiger partial charge in [0.15, 0.2) is 5.60 Å². The summed E-state index contributed by atoms with van der Waals surface area (Å²) in [5.74, 6) is -1.26. The first-order chi connectivity index (χ1) is 14.1. The molecule has 0 saturated carbocycles. The molecule has 158 valence electrons. The molecular weight excluding hydrogens is 438 g/mol. The zero-order chi connectivity index (χ0) is 22.1. The van der Waals surface area contributed by atoms with Gasteiger partial charge in [-0.25, -0.2) is 4.98 Å². The number of nitrogens with zero attached hydrogens (tertiary/aromatic N) is 1. The van der Waals surface area contributed by atoms with E-state index in [1.54, 1.807) is 36.4 Å². The smallest absolute Gasteiger partial charge is 0.422 e. The molecule has 0 radical (unpaired) electrons. The summed E-state index contributed by atoms with van der Waals surface area (Å²) in [6.45, 7) is 1.28. The van der Waals surface area contributed by atoms with Crippen LogP contribution < -0.4 is 4.74 Å². The van der Waals surface area contributed by atoms with Gasteiger partial charge in [-0.3, -0.25) is 0 Å². The van der Waals surface area contributed by atoms with E-state index in [1.165, 1.54) is 26.2 Å². The fourth-order valence-corrected chi connectivity index (χ4v) is 3.78. The molecule has 8 heteroatoms. The maximum Gasteiger partial charge on any atom is 0.422 e. The maximum absolute atomic E-state index is 14.1. The molecular formula is C22H18Cl2F3NO2. The van der Waals surface area contributed by atoms with Gasteiger partial charge in [-0.2, -0.15) is 13.2 Å². The Morgan fingerprint density at radius 1 is 0.967 bits per heavy atom. The fraction of sp³-hybridized carbons (Fsp3) is 0.227. The van der Waals surface area contributed by atoms with Gasteiger partial charge in [-0.15, -0.1) is 0 Å². The van der Waals surface area contributed by atoms with Gasteiger partial charge in [0.2, 0.25) is 5.88 Å². The largest absolute Gasteiger partial charge is 0.481 e. The highest BCUT2D eigenvalue weighted by Gasteiger charge is 2.59. The molecule has 3 nitrogen and oxygen atoms in total. The Kier molecular flexibility index (Phi) is 6.32. The van der Waals surface area contributed by atoms with Gasteiger partial charge >= 0.3 is 6.18 Å². The molecule has 0 saturated heterocycles. The third-order valence-electron chi connectivity index (χ3n) is 5.09. The lowest BCUT2D eigenvalue weighted by Crippen LogP contribution is -2.46. The summed E-state index contributed by atoms with van der Waals surface area (Å²) in [4.78, 5) is 3.81. The Balaban J connectivity index is 2.04. The van der Waals surface area contributed by atoms with Gasteiger partial charge in [-0.1, -0.05) is 54.4 Å². The average molecular weight is 456 g/mol. The summed E-state index contributed by atoms with van der Waals surface area (Å²) in [7, 11) is 1.35. The molecule has 1 heterocycles. The molecule has 0 fully saturated rings. The second-order valence-electron chi connectivity index (χ2n) is 6.82. The van der Waals surface area contributed by atoms with Crippen LogP contribution in [0, 0.1) is 0 Å². The fourth-order valence-electron chi connectivity index (χ4n) is 3.31. The van der Waals surface area contributed by atoms with Crippen LogP contribution in [0.3, 0.4) is 0 Å². The Bertz CT molecular complexity index is 1020. The molecule has 2 aromatic carbocycles. The first-order valence-electron chi connectivity index (χ1n) is 8.93. The number of methoxy groups -OCH3 is 1. The number of halogens is 5. The van der Waals surface area contributed by atoms with Crippen molar-refractivity contribution in [1.29, 1.82) is 0 Å². The number of pyridine rings is 1. The van der Waals surface area contributed by atoms with E-state index in [9.17, 15) is 18.3 Å². The van der Waals surface area contributed by atoms with E-state index in [-0.39, 0.29) is 16.5 Å². The van der Waals surface area contributed by atoms with Gasteiger partial charge in [0.1, 0.15) is 0 Å². The van der Waals surface area contributed by atoms with E-state index in [0.29, 0.717) is 10.6 Å². The van der Waals surface area contributed by atoms with Crippen molar-refractivity contribution in [3.63, 3.8) is 0 Å². The summed E-state index contributed by atoms with van der Waals surface area (Å²) < 4.78 is 47.1. The minimum absolute atomic E-state index is 0.110. The first-order valence-corrected chi connectivity index (χ1v) is 9.68. The SMILES string of the molecule is COc1ccc(C(O)(C(C)c2ccc(-c3ccc(Cl)cc3)cc2Cl)C(F)(F)F)cn1. The quantitative estimate of drug-likeness (QED) is 0.470. The number of aromatic nitrogens is 1. The molecule has 0 aliphatic heterocycles. The lowest BCUT2D eigenvalue weighted by Gasteiger charge is -2.36. The molecule has 30 heavy (non-hydrogen) atoms. The van der Waals surface area contributed by atoms with E-state index in [1.807, 2.05) is 0 Å². The summed E-state index contributed by atoms with van der Waals surface area (Å²) in [6, 6.07) is 14.1. The normalized spacial score (nSPS) is 14.8. The predicted octanol–water partition coefficient (Wildman–Crippen LogP) is 6.62. The summed E-state index contributed by atoms with van der Waals surface area (Å²) in [5.41, 5.74) is -1.91. The van der Waals surface area contributed by atoms with Crippen LogP contribution in [0.25, 0.3) is 11.1 Å². The molecule has 0 aliphatic carbocycles. The number of rotatable bonds is 5. The van der Waals surface area contributed by atoms with E-state index in [4.69, 9.17) is 27.9 Å². The Labute approximate surface area is 182 Å². The van der Waals surface area contributed by atoms with Crippen LogP contribution in [0.2, 0.25) is 10.0 Å². The first kappa shape index (κ1) is 22.4. The van der Waals surface area contributed by atoms with Crippen molar-refractivity contribution < 1.29 is 23.0 Å². The number of alkyl halides is 3. The summed E-state index contributed by atoms with van der Waals surface area (Å²) >= 11 is 12.3. The van der Waals surface area contributed by atoms with Crippen LogP contribution in [-0.4, -0.2) is 23.4 Å². The molecule has 0 aliphatic rings. The average Bonchev–Trinajstić information content (AvgIpc) is 2.72. The van der Waals surface area contributed by atoms with Gasteiger partial charge in [0.25, 0.3) is 0 Å². The van der Waals surface area contributed by atoms with Crippen molar-refractivity contribution in [1.82, 2.24) is 4.98 Å². The van der Waals surface area contributed by atoms with Crippen molar-refractivity contribution in [2.75, 3.05) is 7.11 Å². The van der Waals surface area contributed by atoms with Crippen molar-refractivity contribution in [3.05, 3.63) is 82.0 Å². The number of hydrogen-bond donors (Lipinski definition) is 1. The standard InChI is InChI=1S/C22H18Cl2F3NO2/c1-13(21(29,22(25,26)27)16-6-10-20(30-2)28-12-16)18-9-5-15(11-19(18)24)14-3-7-17(23)8-4-14/h3-13,29H,1-2H3. The molecule has 1 N–H and O–H groups in total. The van der Waals surface area contributed by atoms with Gasteiger partial charge < -0.3 is 9.84 Å². The number of ether oxygens (including phenoxy) is 1. The monoisotopic (exact) mass is 455 g/mol. The third kappa shape index (κ3) is 4.13. The molecule has 2 unspecified atom stereocenters. The summed E-state index contributed by atoms with van der Waals surface area (Å²) in [5, 5.41) is 11.5. The molecule has 0 spiro atoms. The highest BCUT2D eigenvalue weighted by molar-refractivity contribution is 6.32. The predicted molar refractivity (Wildman–Crippen MR) is 111 cm³/mol. The van der Waals surface area contributed by atoms with Gasteiger partial charge in [-0.05, 0) is 41.0 Å². The number of benzene rings is 2. The Hall–Kier alpha value is -2.28. The summed E-state index contributed by atoms with van der Waals surface area (Å²) in [6.07, 6.45) is -4.01. The highest BCUT2D eigenvalue weighted by Crippen LogP contribution is 2.50. The van der Waals surface area contributed by atoms with Gasteiger partial charge in [0, 0.05) is 33.8 Å². The number of aliphatic hydroxyl groups is 1. The van der Waals surface area contributed by atoms with Crippen LogP contribution in [0.15, 0.2) is 60.8 Å². The van der Waals surface area contributed by atoms with Crippen LogP contribution in [0.5, 0.6) is 5.88 Å². The highest BCUT2D eigenvalue weighted by atomic mass is 35.5. The second-order valence-corrected chi connectivity index (χ2v) is 7.66. The van der Waals surface area contributed by atoms with Gasteiger partial charge in [0.05, 0.1) is 7.11 Å². The topological polar surface area (TPSA) is 42.4 Å². The van der Waals surface area contributed by atoms with E-state index < -0.39 is 23.3 Å². The zero-order valence-corrected chi connectivity index (χ0v) is 17.6. The van der Waals surface area contributed by atoms with Crippen LogP contribution in [-0.2, 0) is 5.60 Å². The molecule has 0 amide bonds. The van der Waals surface area contributed by atoms with Crippen molar-refractivity contribution in [2.45, 2.75) is 24.6 Å². The molecule has 3 aromatic rings.